The van der Waals surface area contributed by atoms with E-state index in [1.807, 2.05) is 50.2 Å². The van der Waals surface area contributed by atoms with Crippen LogP contribution in [-0.4, -0.2) is 16.1 Å². The number of para-hydroxylation sites is 1. The molecule has 1 fully saturated rings. The third-order valence-corrected chi connectivity index (χ3v) is 5.16. The zero-order chi connectivity index (χ0) is 17.1. The van der Waals surface area contributed by atoms with E-state index in [0.29, 0.717) is 16.5 Å². The Morgan fingerprint density at radius 2 is 2.08 bits per heavy atom. The van der Waals surface area contributed by atoms with Crippen LogP contribution in [0.2, 0.25) is 0 Å². The SMILES string of the molecule is Cc1ccccc1NC(=O)C(C)Sc1nc(C2CC2)ccc1C#N. The summed E-state index contributed by atoms with van der Waals surface area (Å²) in [6, 6.07) is 13.6. The Hall–Kier alpha value is -2.32. The molecule has 24 heavy (non-hydrogen) atoms. The summed E-state index contributed by atoms with van der Waals surface area (Å²) in [7, 11) is 0. The van der Waals surface area contributed by atoms with Crippen LogP contribution >= 0.6 is 11.8 Å². The molecule has 0 bridgehead atoms. The summed E-state index contributed by atoms with van der Waals surface area (Å²) in [6.07, 6.45) is 2.32. The topological polar surface area (TPSA) is 65.8 Å². The summed E-state index contributed by atoms with van der Waals surface area (Å²) in [5.74, 6) is 0.435. The lowest BCUT2D eigenvalue weighted by molar-refractivity contribution is -0.115. The molecule has 0 spiro atoms. The van der Waals surface area contributed by atoms with Crippen LogP contribution in [0.3, 0.4) is 0 Å². The Kier molecular flexibility index (Phi) is 4.86. The maximum atomic E-state index is 12.5. The molecule has 1 heterocycles. The lowest BCUT2D eigenvalue weighted by Crippen LogP contribution is -2.23. The Labute approximate surface area is 146 Å². The monoisotopic (exact) mass is 337 g/mol. The lowest BCUT2D eigenvalue weighted by Gasteiger charge is -2.14. The number of rotatable bonds is 5. The van der Waals surface area contributed by atoms with Crippen molar-refractivity contribution in [3.63, 3.8) is 0 Å². The van der Waals surface area contributed by atoms with Gasteiger partial charge in [0.1, 0.15) is 11.1 Å². The van der Waals surface area contributed by atoms with Gasteiger partial charge in [-0.3, -0.25) is 4.79 Å². The van der Waals surface area contributed by atoms with Crippen molar-refractivity contribution in [2.75, 3.05) is 5.32 Å². The van der Waals surface area contributed by atoms with Gasteiger partial charge in [-0.05, 0) is 50.5 Å². The molecule has 2 aromatic rings. The van der Waals surface area contributed by atoms with E-state index in [2.05, 4.69) is 16.4 Å². The van der Waals surface area contributed by atoms with E-state index in [1.165, 1.54) is 11.8 Å². The number of carbonyl (C=O) groups is 1. The first-order valence-electron chi connectivity index (χ1n) is 8.02. The number of aromatic nitrogens is 1. The van der Waals surface area contributed by atoms with E-state index in [-0.39, 0.29) is 11.2 Å². The van der Waals surface area contributed by atoms with E-state index in [1.54, 1.807) is 0 Å². The van der Waals surface area contributed by atoms with Crippen molar-refractivity contribution < 1.29 is 4.79 Å². The smallest absolute Gasteiger partial charge is 0.237 e. The Balaban J connectivity index is 1.73. The summed E-state index contributed by atoms with van der Waals surface area (Å²) >= 11 is 1.34. The van der Waals surface area contributed by atoms with Crippen LogP contribution in [0.4, 0.5) is 5.69 Å². The predicted molar refractivity (Wildman–Crippen MR) is 96.1 cm³/mol. The van der Waals surface area contributed by atoms with Crippen molar-refractivity contribution in [2.24, 2.45) is 0 Å². The van der Waals surface area contributed by atoms with Gasteiger partial charge in [0.15, 0.2) is 0 Å². The summed E-state index contributed by atoms with van der Waals surface area (Å²) in [5.41, 5.74) is 3.40. The van der Waals surface area contributed by atoms with Crippen molar-refractivity contribution >= 4 is 23.4 Å². The zero-order valence-electron chi connectivity index (χ0n) is 13.7. The number of hydrogen-bond acceptors (Lipinski definition) is 4. The van der Waals surface area contributed by atoms with Gasteiger partial charge in [-0.2, -0.15) is 5.26 Å². The highest BCUT2D eigenvalue weighted by molar-refractivity contribution is 8.00. The molecule has 0 radical (unpaired) electrons. The fraction of sp³-hybridized carbons (Fsp3) is 0.316. The van der Waals surface area contributed by atoms with E-state index >= 15 is 0 Å². The molecule has 1 aliphatic carbocycles. The highest BCUT2D eigenvalue weighted by Gasteiger charge is 2.26. The number of nitrogens with zero attached hydrogens (tertiary/aromatic N) is 2. The van der Waals surface area contributed by atoms with Crippen molar-refractivity contribution in [1.29, 1.82) is 5.26 Å². The standard InChI is InChI=1S/C19H19N3OS/c1-12-5-3-4-6-16(12)21-18(23)13(2)24-19-15(11-20)9-10-17(22-19)14-7-8-14/h3-6,9-10,13-14H,7-8H2,1-2H3,(H,21,23). The van der Waals surface area contributed by atoms with Crippen molar-refractivity contribution in [3.8, 4) is 6.07 Å². The number of amides is 1. The van der Waals surface area contributed by atoms with Gasteiger partial charge in [-0.1, -0.05) is 30.0 Å². The zero-order valence-corrected chi connectivity index (χ0v) is 14.6. The first-order chi connectivity index (χ1) is 11.6. The normalized spacial score (nSPS) is 14.7. The summed E-state index contributed by atoms with van der Waals surface area (Å²) in [4.78, 5) is 17.1. The van der Waals surface area contributed by atoms with E-state index in [0.717, 1.165) is 29.8 Å². The number of anilines is 1. The molecule has 4 nitrogen and oxygen atoms in total. The van der Waals surface area contributed by atoms with Gasteiger partial charge in [0, 0.05) is 17.3 Å². The molecule has 1 atom stereocenters. The van der Waals surface area contributed by atoms with Crippen LogP contribution in [0.15, 0.2) is 41.4 Å². The van der Waals surface area contributed by atoms with E-state index < -0.39 is 0 Å². The van der Waals surface area contributed by atoms with Crippen LogP contribution < -0.4 is 5.32 Å². The maximum Gasteiger partial charge on any atom is 0.237 e. The molecule has 1 N–H and O–H groups in total. The number of nitriles is 1. The average Bonchev–Trinajstić information content (AvgIpc) is 3.42. The molecule has 1 aromatic heterocycles. The molecule has 0 aliphatic heterocycles. The minimum atomic E-state index is -0.335. The molecule has 1 unspecified atom stereocenters. The number of aryl methyl sites for hydroxylation is 1. The molecule has 1 aliphatic rings. The van der Waals surface area contributed by atoms with Crippen molar-refractivity contribution in [1.82, 2.24) is 4.98 Å². The number of thioether (sulfide) groups is 1. The molecule has 1 aromatic carbocycles. The second kappa shape index (κ2) is 7.06. The fourth-order valence-electron chi connectivity index (χ4n) is 2.40. The third-order valence-electron chi connectivity index (χ3n) is 4.06. The van der Waals surface area contributed by atoms with Crippen LogP contribution in [0.1, 0.15) is 42.5 Å². The lowest BCUT2D eigenvalue weighted by atomic mass is 10.2. The van der Waals surface area contributed by atoms with Gasteiger partial charge >= 0.3 is 0 Å². The minimum Gasteiger partial charge on any atom is -0.325 e. The van der Waals surface area contributed by atoms with Gasteiger partial charge in [0.25, 0.3) is 0 Å². The van der Waals surface area contributed by atoms with Gasteiger partial charge < -0.3 is 5.32 Å². The fourth-order valence-corrected chi connectivity index (χ4v) is 3.30. The van der Waals surface area contributed by atoms with E-state index in [9.17, 15) is 10.1 Å². The molecular weight excluding hydrogens is 318 g/mol. The number of carbonyl (C=O) groups excluding carboxylic acids is 1. The highest BCUT2D eigenvalue weighted by atomic mass is 32.2. The summed E-state index contributed by atoms with van der Waals surface area (Å²) < 4.78 is 0. The first-order valence-corrected chi connectivity index (χ1v) is 8.90. The van der Waals surface area contributed by atoms with Gasteiger partial charge in [0.2, 0.25) is 5.91 Å². The Morgan fingerprint density at radius 1 is 1.33 bits per heavy atom. The molecule has 1 saturated carbocycles. The second-order valence-electron chi connectivity index (χ2n) is 6.04. The molecule has 1 amide bonds. The largest absolute Gasteiger partial charge is 0.325 e. The van der Waals surface area contributed by atoms with Gasteiger partial charge in [-0.15, -0.1) is 0 Å². The van der Waals surface area contributed by atoms with Crippen LogP contribution in [0.5, 0.6) is 0 Å². The van der Waals surface area contributed by atoms with Gasteiger partial charge in [0.05, 0.1) is 10.8 Å². The van der Waals surface area contributed by atoms with Crippen LogP contribution in [0, 0.1) is 18.3 Å². The molecular formula is C19H19N3OS. The summed E-state index contributed by atoms with van der Waals surface area (Å²) in [5, 5.41) is 12.5. The van der Waals surface area contributed by atoms with Crippen LogP contribution in [0.25, 0.3) is 0 Å². The molecule has 5 heteroatoms. The Bertz CT molecular complexity index is 808. The number of pyridine rings is 1. The quantitative estimate of drug-likeness (QED) is 0.828. The number of hydrogen-bond donors (Lipinski definition) is 1. The third kappa shape index (κ3) is 3.77. The minimum absolute atomic E-state index is 0.0863. The summed E-state index contributed by atoms with van der Waals surface area (Å²) in [6.45, 7) is 3.80. The molecule has 122 valence electrons. The van der Waals surface area contributed by atoms with Gasteiger partial charge in [-0.25, -0.2) is 4.98 Å². The van der Waals surface area contributed by atoms with Crippen LogP contribution in [-0.2, 0) is 4.79 Å². The van der Waals surface area contributed by atoms with E-state index in [4.69, 9.17) is 0 Å². The first kappa shape index (κ1) is 16.5. The van der Waals surface area contributed by atoms with Crippen molar-refractivity contribution in [3.05, 3.63) is 53.2 Å². The van der Waals surface area contributed by atoms with Crippen molar-refractivity contribution in [2.45, 2.75) is 42.9 Å². The molecule has 3 rings (SSSR count). The average molecular weight is 337 g/mol. The second-order valence-corrected chi connectivity index (χ2v) is 7.37. The highest BCUT2D eigenvalue weighted by Crippen LogP contribution is 2.40. The maximum absolute atomic E-state index is 12.5. The predicted octanol–water partition coefficient (Wildman–Crippen LogP) is 4.26. The number of nitrogens with one attached hydrogen (secondary N) is 1. The number of benzene rings is 1. The Morgan fingerprint density at radius 3 is 2.75 bits per heavy atom. The molecule has 0 saturated heterocycles.